The summed E-state index contributed by atoms with van der Waals surface area (Å²) < 4.78 is 5.56. The molecule has 0 bridgehead atoms. The zero-order valence-electron chi connectivity index (χ0n) is 16.9. The third kappa shape index (κ3) is 3.79. The normalized spacial score (nSPS) is 20.9. The van der Waals surface area contributed by atoms with Crippen molar-refractivity contribution in [1.29, 1.82) is 0 Å². The minimum atomic E-state index is -0.593. The molecule has 3 heterocycles. The summed E-state index contributed by atoms with van der Waals surface area (Å²) in [6.07, 6.45) is 3.57. The fourth-order valence-electron chi connectivity index (χ4n) is 4.50. The van der Waals surface area contributed by atoms with E-state index in [0.717, 1.165) is 12.0 Å². The van der Waals surface area contributed by atoms with Crippen molar-refractivity contribution in [3.63, 3.8) is 0 Å². The molecule has 0 radical (unpaired) electrons. The number of aryl methyl sites for hydroxylation is 1. The number of amides is 2. The van der Waals surface area contributed by atoms with Crippen molar-refractivity contribution in [1.82, 2.24) is 14.9 Å². The standard InChI is InChI=1S/C22H25ClN4O3/c1-14-18(19(24)28)12-25-20(26-14)15-6-9-27(13-15)21(29)22(7-10-30-11-8-22)16-2-4-17(23)5-3-16/h2-5,12,15H,6-11,13H2,1H3,(H2,24,28)/t15-/m1/s1. The maximum Gasteiger partial charge on any atom is 0.252 e. The lowest BCUT2D eigenvalue weighted by Gasteiger charge is -2.39. The molecule has 8 heteroatoms. The molecule has 2 aliphatic rings. The molecule has 0 spiro atoms. The molecule has 4 rings (SSSR count). The molecular weight excluding hydrogens is 404 g/mol. The van der Waals surface area contributed by atoms with Gasteiger partial charge >= 0.3 is 0 Å². The zero-order valence-corrected chi connectivity index (χ0v) is 17.7. The Kier molecular flexibility index (Phi) is 5.75. The topological polar surface area (TPSA) is 98.4 Å². The molecule has 2 fully saturated rings. The Morgan fingerprint density at radius 3 is 2.57 bits per heavy atom. The van der Waals surface area contributed by atoms with Crippen molar-refractivity contribution in [3.05, 3.63) is 58.1 Å². The Hall–Kier alpha value is -2.51. The molecule has 2 N–H and O–H groups in total. The van der Waals surface area contributed by atoms with Gasteiger partial charge in [-0.05, 0) is 43.9 Å². The molecule has 1 aromatic carbocycles. The number of carbonyl (C=O) groups excluding carboxylic acids is 2. The molecule has 1 aromatic heterocycles. The van der Waals surface area contributed by atoms with Gasteiger partial charge in [0.2, 0.25) is 5.91 Å². The van der Waals surface area contributed by atoms with Crippen molar-refractivity contribution in [2.75, 3.05) is 26.3 Å². The monoisotopic (exact) mass is 428 g/mol. The molecule has 2 aromatic rings. The molecule has 1 atom stereocenters. The molecule has 2 amide bonds. The van der Waals surface area contributed by atoms with Gasteiger partial charge in [0.05, 0.1) is 16.7 Å². The summed E-state index contributed by atoms with van der Waals surface area (Å²) in [4.78, 5) is 35.9. The highest BCUT2D eigenvalue weighted by Gasteiger charge is 2.45. The first-order valence-corrected chi connectivity index (χ1v) is 10.5. The Bertz CT molecular complexity index is 957. The van der Waals surface area contributed by atoms with Gasteiger partial charge in [-0.2, -0.15) is 0 Å². The maximum absolute atomic E-state index is 13.7. The van der Waals surface area contributed by atoms with Crippen LogP contribution in [0.4, 0.5) is 0 Å². The van der Waals surface area contributed by atoms with E-state index in [1.807, 2.05) is 29.2 Å². The first kappa shape index (κ1) is 20.8. The van der Waals surface area contributed by atoms with Crippen molar-refractivity contribution in [3.8, 4) is 0 Å². The van der Waals surface area contributed by atoms with Gasteiger partial charge in [-0.1, -0.05) is 23.7 Å². The number of primary amides is 1. The Morgan fingerprint density at radius 1 is 1.23 bits per heavy atom. The number of hydrogen-bond acceptors (Lipinski definition) is 5. The fourth-order valence-corrected chi connectivity index (χ4v) is 4.62. The van der Waals surface area contributed by atoms with Crippen LogP contribution in [0.1, 0.15) is 52.6 Å². The van der Waals surface area contributed by atoms with Crippen LogP contribution in [0.25, 0.3) is 0 Å². The van der Waals surface area contributed by atoms with Gasteiger partial charge in [0.25, 0.3) is 5.91 Å². The number of carbonyl (C=O) groups is 2. The lowest BCUT2D eigenvalue weighted by Crippen LogP contribution is -2.49. The number of likely N-dealkylation sites (tertiary alicyclic amines) is 1. The highest BCUT2D eigenvalue weighted by Crippen LogP contribution is 2.39. The van der Waals surface area contributed by atoms with E-state index in [2.05, 4.69) is 9.97 Å². The Morgan fingerprint density at radius 2 is 1.93 bits per heavy atom. The lowest BCUT2D eigenvalue weighted by molar-refractivity contribution is -0.140. The summed E-state index contributed by atoms with van der Waals surface area (Å²) in [5.74, 6) is 0.282. The zero-order chi connectivity index (χ0) is 21.3. The van der Waals surface area contributed by atoms with Crippen molar-refractivity contribution in [2.45, 2.75) is 37.5 Å². The number of aromatic nitrogens is 2. The number of nitrogens with two attached hydrogens (primary N) is 1. The van der Waals surface area contributed by atoms with Gasteiger partial charge in [0.1, 0.15) is 5.82 Å². The number of ether oxygens (including phenoxy) is 1. The van der Waals surface area contributed by atoms with E-state index in [0.29, 0.717) is 61.2 Å². The summed E-state index contributed by atoms with van der Waals surface area (Å²) >= 11 is 6.07. The van der Waals surface area contributed by atoms with Gasteiger partial charge in [-0.15, -0.1) is 0 Å². The van der Waals surface area contributed by atoms with Gasteiger partial charge in [-0.25, -0.2) is 9.97 Å². The van der Waals surface area contributed by atoms with E-state index in [1.165, 1.54) is 6.20 Å². The van der Waals surface area contributed by atoms with E-state index < -0.39 is 11.3 Å². The Labute approximate surface area is 180 Å². The minimum absolute atomic E-state index is 0.0386. The minimum Gasteiger partial charge on any atom is -0.381 e. The number of nitrogens with zero attached hydrogens (tertiary/aromatic N) is 3. The summed E-state index contributed by atoms with van der Waals surface area (Å²) in [7, 11) is 0. The predicted octanol–water partition coefficient (Wildman–Crippen LogP) is 2.60. The molecular formula is C22H25ClN4O3. The van der Waals surface area contributed by atoms with Crippen LogP contribution in [0.15, 0.2) is 30.5 Å². The van der Waals surface area contributed by atoms with E-state index in [1.54, 1.807) is 6.92 Å². The molecule has 2 saturated heterocycles. The number of halogens is 1. The second-order valence-corrected chi connectivity index (χ2v) is 8.47. The Balaban J connectivity index is 1.56. The summed E-state index contributed by atoms with van der Waals surface area (Å²) in [6, 6.07) is 7.58. The fraction of sp³-hybridized carbons (Fsp3) is 0.455. The largest absolute Gasteiger partial charge is 0.381 e. The van der Waals surface area contributed by atoms with E-state index in [9.17, 15) is 9.59 Å². The average molecular weight is 429 g/mol. The maximum atomic E-state index is 13.7. The lowest BCUT2D eigenvalue weighted by atomic mass is 9.73. The van der Waals surface area contributed by atoms with Crippen LogP contribution >= 0.6 is 11.6 Å². The van der Waals surface area contributed by atoms with E-state index >= 15 is 0 Å². The van der Waals surface area contributed by atoms with Crippen LogP contribution in [0, 0.1) is 6.92 Å². The van der Waals surface area contributed by atoms with Crippen LogP contribution in [-0.4, -0.2) is 53.0 Å². The van der Waals surface area contributed by atoms with Gasteiger partial charge in [0.15, 0.2) is 0 Å². The molecule has 2 aliphatic heterocycles. The van der Waals surface area contributed by atoms with Crippen molar-refractivity contribution in [2.24, 2.45) is 5.73 Å². The average Bonchev–Trinajstić information content (AvgIpc) is 3.24. The van der Waals surface area contributed by atoms with Crippen molar-refractivity contribution >= 4 is 23.4 Å². The van der Waals surface area contributed by atoms with Crippen LogP contribution < -0.4 is 5.73 Å². The summed E-state index contributed by atoms with van der Waals surface area (Å²) in [5.41, 5.74) is 6.64. The number of rotatable bonds is 4. The molecule has 158 valence electrons. The number of benzene rings is 1. The molecule has 0 aliphatic carbocycles. The van der Waals surface area contributed by atoms with Gasteiger partial charge in [0, 0.05) is 43.4 Å². The number of hydrogen-bond donors (Lipinski definition) is 1. The molecule has 0 unspecified atom stereocenters. The molecule has 7 nitrogen and oxygen atoms in total. The SMILES string of the molecule is Cc1nc([C@@H]2CCN(C(=O)C3(c4ccc(Cl)cc4)CCOCC3)C2)ncc1C(N)=O. The highest BCUT2D eigenvalue weighted by atomic mass is 35.5. The van der Waals surface area contributed by atoms with E-state index in [-0.39, 0.29) is 11.8 Å². The van der Waals surface area contributed by atoms with Crippen LogP contribution in [0.5, 0.6) is 0 Å². The predicted molar refractivity (Wildman–Crippen MR) is 112 cm³/mol. The summed E-state index contributed by atoms with van der Waals surface area (Å²) in [5, 5.41) is 0.654. The van der Waals surface area contributed by atoms with Gasteiger partial charge < -0.3 is 15.4 Å². The third-order valence-corrected chi connectivity index (χ3v) is 6.51. The first-order chi connectivity index (χ1) is 14.4. The van der Waals surface area contributed by atoms with Gasteiger partial charge in [-0.3, -0.25) is 9.59 Å². The second-order valence-electron chi connectivity index (χ2n) is 8.03. The van der Waals surface area contributed by atoms with E-state index in [4.69, 9.17) is 22.1 Å². The third-order valence-electron chi connectivity index (χ3n) is 6.26. The van der Waals surface area contributed by atoms with Crippen molar-refractivity contribution < 1.29 is 14.3 Å². The van der Waals surface area contributed by atoms with Crippen LogP contribution in [0.3, 0.4) is 0 Å². The first-order valence-electron chi connectivity index (χ1n) is 10.2. The quantitative estimate of drug-likeness (QED) is 0.807. The smallest absolute Gasteiger partial charge is 0.252 e. The second kappa shape index (κ2) is 8.32. The molecule has 0 saturated carbocycles. The molecule has 30 heavy (non-hydrogen) atoms. The summed E-state index contributed by atoms with van der Waals surface area (Å²) in [6.45, 7) is 4.08. The van der Waals surface area contributed by atoms with Crippen LogP contribution in [0.2, 0.25) is 5.02 Å². The van der Waals surface area contributed by atoms with Crippen LogP contribution in [-0.2, 0) is 14.9 Å². The highest BCUT2D eigenvalue weighted by molar-refractivity contribution is 6.30.